The molecule has 0 amide bonds. The van der Waals surface area contributed by atoms with Gasteiger partial charge in [-0.3, -0.25) is 4.79 Å². The Morgan fingerprint density at radius 1 is 1.35 bits per heavy atom. The monoisotopic (exact) mass is 354 g/mol. The van der Waals surface area contributed by atoms with Gasteiger partial charge in [-0.2, -0.15) is 0 Å². The first kappa shape index (κ1) is 17.1. The highest BCUT2D eigenvalue weighted by molar-refractivity contribution is 6.62. The Morgan fingerprint density at radius 3 is 2.81 bits per heavy atom. The van der Waals surface area contributed by atoms with E-state index in [1.807, 2.05) is 13.0 Å². The minimum absolute atomic E-state index is 0.0283. The third kappa shape index (κ3) is 3.11. The molecule has 0 spiro atoms. The summed E-state index contributed by atoms with van der Waals surface area (Å²) in [6.45, 7) is 2.26. The Labute approximate surface area is 151 Å². The molecular formula is C18H19BN2O5. The van der Waals surface area contributed by atoms with Gasteiger partial charge in [-0.1, -0.05) is 6.07 Å². The number of hydrogen-bond acceptors (Lipinski definition) is 7. The molecule has 2 aromatic rings. The van der Waals surface area contributed by atoms with Crippen LogP contribution in [0.1, 0.15) is 40.9 Å². The molecule has 0 unspecified atom stereocenters. The van der Waals surface area contributed by atoms with Crippen molar-refractivity contribution in [3.8, 4) is 11.6 Å². The van der Waals surface area contributed by atoms with Crippen LogP contribution in [0.2, 0.25) is 0 Å². The molecule has 2 heterocycles. The molecule has 0 saturated heterocycles. The maximum Gasteiger partial charge on any atom is 0.492 e. The predicted molar refractivity (Wildman–Crippen MR) is 93.4 cm³/mol. The number of aromatic nitrogens is 2. The van der Waals surface area contributed by atoms with Gasteiger partial charge in [0, 0.05) is 18.4 Å². The molecule has 0 radical (unpaired) electrons. The van der Waals surface area contributed by atoms with Crippen molar-refractivity contribution >= 4 is 18.4 Å². The molecule has 0 atom stereocenters. The summed E-state index contributed by atoms with van der Waals surface area (Å²) >= 11 is 0. The van der Waals surface area contributed by atoms with Crippen molar-refractivity contribution in [1.82, 2.24) is 9.97 Å². The fraction of sp³-hybridized carbons (Fsp3) is 0.389. The number of aliphatic hydroxyl groups excluding tert-OH is 1. The van der Waals surface area contributed by atoms with Crippen LogP contribution < -0.4 is 10.2 Å². The number of benzene rings is 1. The first-order valence-corrected chi connectivity index (χ1v) is 8.57. The minimum atomic E-state index is -0.944. The molecule has 0 bridgehead atoms. The van der Waals surface area contributed by atoms with E-state index in [9.17, 15) is 14.9 Å². The number of ether oxygens (including phenoxy) is 1. The minimum Gasteiger partial charge on any atom is -0.437 e. The third-order valence-corrected chi connectivity index (χ3v) is 5.16. The Kier molecular flexibility index (Phi) is 4.26. The number of Topliss-reactive ketones (excluding diaryl/α,β-unsaturated/α-hetero) is 1. The van der Waals surface area contributed by atoms with Gasteiger partial charge in [0.25, 0.3) is 0 Å². The highest BCUT2D eigenvalue weighted by Crippen LogP contribution is 2.48. The predicted octanol–water partition coefficient (Wildman–Crippen LogP) is 1.14. The molecule has 7 nitrogen and oxygen atoms in total. The van der Waals surface area contributed by atoms with Crippen LogP contribution in [0.25, 0.3) is 0 Å². The topological polar surface area (TPSA) is 102 Å². The molecule has 26 heavy (non-hydrogen) atoms. The smallest absolute Gasteiger partial charge is 0.437 e. The Hall–Kier alpha value is -2.29. The number of ketones is 1. The Morgan fingerprint density at radius 2 is 2.15 bits per heavy atom. The quantitative estimate of drug-likeness (QED) is 0.592. The van der Waals surface area contributed by atoms with Gasteiger partial charge in [-0.25, -0.2) is 9.97 Å². The van der Waals surface area contributed by atoms with Gasteiger partial charge in [0.05, 0.1) is 19.0 Å². The van der Waals surface area contributed by atoms with Crippen molar-refractivity contribution in [2.75, 3.05) is 6.61 Å². The summed E-state index contributed by atoms with van der Waals surface area (Å²) in [5, 5.41) is 19.2. The average molecular weight is 354 g/mol. The van der Waals surface area contributed by atoms with Crippen molar-refractivity contribution in [2.45, 2.75) is 32.8 Å². The zero-order valence-corrected chi connectivity index (χ0v) is 14.4. The second-order valence-electron chi connectivity index (χ2n) is 7.02. The highest BCUT2D eigenvalue weighted by Gasteiger charge is 2.44. The summed E-state index contributed by atoms with van der Waals surface area (Å²) < 4.78 is 11.0. The molecule has 2 aliphatic rings. The summed E-state index contributed by atoms with van der Waals surface area (Å²) in [6, 6.07) is 3.65. The van der Waals surface area contributed by atoms with E-state index >= 15 is 0 Å². The number of rotatable bonds is 6. The largest absolute Gasteiger partial charge is 0.492 e. The number of aliphatic hydroxyl groups is 1. The highest BCUT2D eigenvalue weighted by atomic mass is 16.5. The lowest BCUT2D eigenvalue weighted by atomic mass is 9.76. The zero-order chi connectivity index (χ0) is 18.3. The van der Waals surface area contributed by atoms with Crippen LogP contribution in [0.5, 0.6) is 11.6 Å². The van der Waals surface area contributed by atoms with E-state index in [1.165, 1.54) is 12.4 Å². The molecule has 1 aliphatic heterocycles. The summed E-state index contributed by atoms with van der Waals surface area (Å²) in [5.41, 5.74) is 2.46. The van der Waals surface area contributed by atoms with Gasteiger partial charge in [-0.15, -0.1) is 0 Å². The zero-order valence-electron chi connectivity index (χ0n) is 14.4. The van der Waals surface area contributed by atoms with Gasteiger partial charge in [-0.05, 0) is 42.4 Å². The molecule has 4 rings (SSSR count). The summed E-state index contributed by atoms with van der Waals surface area (Å²) in [5.74, 6) is 0.699. The molecule has 134 valence electrons. The van der Waals surface area contributed by atoms with Crippen LogP contribution in [-0.2, 0) is 11.3 Å². The Balaban J connectivity index is 1.48. The fourth-order valence-corrected chi connectivity index (χ4v) is 3.22. The van der Waals surface area contributed by atoms with Crippen LogP contribution in [-0.4, -0.2) is 39.6 Å². The van der Waals surface area contributed by atoms with Crippen molar-refractivity contribution < 1.29 is 24.3 Å². The standard InChI is InChI=1S/C18H19BN2O5/c1-11-15(3-2-12-9-25-19(24)17(11)12)26-16-8-20-13(7-21-16)14(23)6-18(10-22)4-5-18/h2-3,7-8,22,24H,4-6,9-10H2,1H3. The molecule has 1 saturated carbocycles. The molecule has 1 fully saturated rings. The number of fused-ring (bicyclic) bond motifs is 1. The van der Waals surface area contributed by atoms with E-state index in [4.69, 9.17) is 9.39 Å². The van der Waals surface area contributed by atoms with Crippen molar-refractivity contribution in [3.05, 3.63) is 41.3 Å². The average Bonchev–Trinajstić information content (AvgIpc) is 3.32. The molecule has 1 aliphatic carbocycles. The van der Waals surface area contributed by atoms with Crippen molar-refractivity contribution in [3.63, 3.8) is 0 Å². The molecule has 2 N–H and O–H groups in total. The van der Waals surface area contributed by atoms with Gasteiger partial charge in [0.1, 0.15) is 11.4 Å². The summed E-state index contributed by atoms with van der Waals surface area (Å²) in [7, 11) is -0.944. The van der Waals surface area contributed by atoms with Crippen LogP contribution in [0, 0.1) is 12.3 Å². The SMILES string of the molecule is Cc1c(Oc2cnc(C(=O)CC3(CO)CC3)cn2)ccc2c1B(O)OC2. The van der Waals surface area contributed by atoms with Gasteiger partial charge in [0.15, 0.2) is 5.78 Å². The molecule has 8 heteroatoms. The maximum absolute atomic E-state index is 12.3. The molecule has 1 aromatic carbocycles. The second-order valence-corrected chi connectivity index (χ2v) is 7.02. The van der Waals surface area contributed by atoms with E-state index in [-0.39, 0.29) is 29.4 Å². The van der Waals surface area contributed by atoms with Crippen molar-refractivity contribution in [2.24, 2.45) is 5.41 Å². The number of carbonyl (C=O) groups excluding carboxylic acids is 1. The molecule has 1 aromatic heterocycles. The van der Waals surface area contributed by atoms with Gasteiger partial charge in [0.2, 0.25) is 5.88 Å². The van der Waals surface area contributed by atoms with E-state index in [0.717, 1.165) is 29.4 Å². The van der Waals surface area contributed by atoms with E-state index < -0.39 is 7.12 Å². The Bertz CT molecular complexity index is 851. The number of hydrogen-bond donors (Lipinski definition) is 2. The first-order valence-electron chi connectivity index (χ1n) is 8.57. The normalized spacial score (nSPS) is 17.1. The van der Waals surface area contributed by atoms with E-state index in [0.29, 0.717) is 18.8 Å². The fourth-order valence-electron chi connectivity index (χ4n) is 3.22. The molecular weight excluding hydrogens is 335 g/mol. The lowest BCUT2D eigenvalue weighted by molar-refractivity contribution is 0.0917. The third-order valence-electron chi connectivity index (χ3n) is 5.16. The van der Waals surface area contributed by atoms with Crippen LogP contribution in [0.15, 0.2) is 24.5 Å². The van der Waals surface area contributed by atoms with Gasteiger partial charge < -0.3 is 19.5 Å². The van der Waals surface area contributed by atoms with Crippen LogP contribution >= 0.6 is 0 Å². The number of nitrogens with zero attached hydrogens (tertiary/aromatic N) is 2. The van der Waals surface area contributed by atoms with Crippen molar-refractivity contribution in [1.29, 1.82) is 0 Å². The van der Waals surface area contributed by atoms with E-state index in [1.54, 1.807) is 6.07 Å². The van der Waals surface area contributed by atoms with Crippen LogP contribution in [0.3, 0.4) is 0 Å². The van der Waals surface area contributed by atoms with Crippen LogP contribution in [0.4, 0.5) is 0 Å². The van der Waals surface area contributed by atoms with E-state index in [2.05, 4.69) is 9.97 Å². The second kappa shape index (κ2) is 6.46. The maximum atomic E-state index is 12.3. The summed E-state index contributed by atoms with van der Waals surface area (Å²) in [4.78, 5) is 20.6. The summed E-state index contributed by atoms with van der Waals surface area (Å²) in [6.07, 6.45) is 4.84. The lowest BCUT2D eigenvalue weighted by Crippen LogP contribution is -2.30. The van der Waals surface area contributed by atoms with Gasteiger partial charge >= 0.3 is 7.12 Å². The first-order chi connectivity index (χ1) is 12.5. The number of carbonyl (C=O) groups is 1. The lowest BCUT2D eigenvalue weighted by Gasteiger charge is -2.12.